The van der Waals surface area contributed by atoms with Crippen molar-refractivity contribution >= 4 is 29.9 Å². The molecule has 0 aliphatic carbocycles. The molecule has 2 amide bonds. The normalized spacial score (nSPS) is 18.9. The van der Waals surface area contributed by atoms with Crippen LogP contribution in [0.15, 0.2) is 48.5 Å². The Morgan fingerprint density at radius 1 is 1.15 bits per heavy atom. The Balaban J connectivity index is 0.00000261. The summed E-state index contributed by atoms with van der Waals surface area (Å²) >= 11 is 0. The number of anilines is 1. The number of carbonyl (C=O) groups excluding carboxylic acids is 2. The van der Waals surface area contributed by atoms with E-state index in [1.807, 2.05) is 0 Å². The number of halogens is 1. The number of rotatable bonds is 5. The largest absolute Gasteiger partial charge is 0.457 e. The third-order valence-corrected chi connectivity index (χ3v) is 4.47. The molecule has 1 fully saturated rings. The number of benzene rings is 2. The maximum Gasteiger partial charge on any atom is 0.248 e. The molecule has 0 radical (unpaired) electrons. The van der Waals surface area contributed by atoms with Crippen LogP contribution in [-0.2, 0) is 4.79 Å². The van der Waals surface area contributed by atoms with Crippen LogP contribution < -0.4 is 21.1 Å². The van der Waals surface area contributed by atoms with Gasteiger partial charge in [0.25, 0.3) is 0 Å². The molecule has 2 aromatic rings. The fourth-order valence-electron chi connectivity index (χ4n) is 3.07. The van der Waals surface area contributed by atoms with Crippen molar-refractivity contribution in [2.45, 2.75) is 25.8 Å². The lowest BCUT2D eigenvalue weighted by Gasteiger charge is -2.27. The first kappa shape index (κ1) is 20.7. The van der Waals surface area contributed by atoms with Crippen LogP contribution in [0.5, 0.6) is 11.5 Å². The smallest absolute Gasteiger partial charge is 0.248 e. The van der Waals surface area contributed by atoms with Crippen molar-refractivity contribution in [3.63, 3.8) is 0 Å². The molecular weight excluding hydrogens is 366 g/mol. The van der Waals surface area contributed by atoms with E-state index in [0.29, 0.717) is 23.1 Å². The number of amides is 2. The average molecular weight is 390 g/mol. The zero-order valence-electron chi connectivity index (χ0n) is 15.1. The number of carbonyl (C=O) groups is 2. The molecule has 27 heavy (non-hydrogen) atoms. The quantitative estimate of drug-likeness (QED) is 0.731. The summed E-state index contributed by atoms with van der Waals surface area (Å²) < 4.78 is 5.73. The minimum atomic E-state index is -0.499. The summed E-state index contributed by atoms with van der Waals surface area (Å²) in [6.45, 7) is 2.97. The van der Waals surface area contributed by atoms with Crippen molar-refractivity contribution in [2.24, 2.45) is 11.7 Å². The van der Waals surface area contributed by atoms with Gasteiger partial charge in [0.05, 0.1) is 0 Å². The summed E-state index contributed by atoms with van der Waals surface area (Å²) in [6.07, 6.45) is 1.71. The molecule has 3 rings (SSSR count). The van der Waals surface area contributed by atoms with Crippen LogP contribution in [0.3, 0.4) is 0 Å². The van der Waals surface area contributed by atoms with Gasteiger partial charge in [-0.2, -0.15) is 0 Å². The van der Waals surface area contributed by atoms with Gasteiger partial charge in [-0.05, 0) is 68.8 Å². The molecule has 2 atom stereocenters. The first-order valence-electron chi connectivity index (χ1n) is 8.73. The van der Waals surface area contributed by atoms with E-state index in [0.717, 1.165) is 25.1 Å². The summed E-state index contributed by atoms with van der Waals surface area (Å²) in [5, 5.41) is 6.31. The number of piperidine rings is 1. The molecule has 0 aromatic heterocycles. The van der Waals surface area contributed by atoms with Gasteiger partial charge in [-0.3, -0.25) is 9.59 Å². The van der Waals surface area contributed by atoms with Crippen LogP contribution in [-0.4, -0.2) is 24.4 Å². The first-order valence-corrected chi connectivity index (χ1v) is 8.73. The molecule has 0 bridgehead atoms. The molecule has 4 N–H and O–H groups in total. The van der Waals surface area contributed by atoms with Crippen LogP contribution in [0.25, 0.3) is 0 Å². The van der Waals surface area contributed by atoms with Gasteiger partial charge < -0.3 is 21.1 Å². The molecular formula is C20H24ClN3O3. The lowest BCUT2D eigenvalue weighted by Crippen LogP contribution is -2.40. The lowest BCUT2D eigenvalue weighted by molar-refractivity contribution is -0.120. The maximum absolute atomic E-state index is 12.4. The van der Waals surface area contributed by atoms with Gasteiger partial charge in [0.15, 0.2) is 0 Å². The number of nitrogens with one attached hydrogen (secondary N) is 2. The van der Waals surface area contributed by atoms with E-state index in [2.05, 4.69) is 17.6 Å². The SMILES string of the molecule is C[C@H]1C[C@@H](C(=O)Nc2ccc(Oc3cccc(C(N)=O)c3)cc2)CCN1.Cl. The van der Waals surface area contributed by atoms with E-state index in [4.69, 9.17) is 10.5 Å². The third-order valence-electron chi connectivity index (χ3n) is 4.47. The Kier molecular flexibility index (Phi) is 7.21. The Morgan fingerprint density at radius 2 is 1.89 bits per heavy atom. The van der Waals surface area contributed by atoms with Gasteiger partial charge >= 0.3 is 0 Å². The highest BCUT2D eigenvalue weighted by molar-refractivity contribution is 5.93. The highest BCUT2D eigenvalue weighted by Gasteiger charge is 2.24. The van der Waals surface area contributed by atoms with Crippen molar-refractivity contribution < 1.29 is 14.3 Å². The summed E-state index contributed by atoms with van der Waals surface area (Å²) in [5.41, 5.74) is 6.40. The lowest BCUT2D eigenvalue weighted by atomic mass is 9.92. The number of hydrogen-bond acceptors (Lipinski definition) is 4. The van der Waals surface area contributed by atoms with E-state index in [9.17, 15) is 9.59 Å². The molecule has 0 spiro atoms. The van der Waals surface area contributed by atoms with E-state index < -0.39 is 5.91 Å². The highest BCUT2D eigenvalue weighted by Crippen LogP contribution is 2.25. The monoisotopic (exact) mass is 389 g/mol. The molecule has 2 aromatic carbocycles. The zero-order chi connectivity index (χ0) is 18.5. The highest BCUT2D eigenvalue weighted by atomic mass is 35.5. The number of primary amides is 1. The fourth-order valence-corrected chi connectivity index (χ4v) is 3.07. The molecule has 1 aliphatic heterocycles. The predicted octanol–water partition coefficient (Wildman–Crippen LogP) is 3.33. The number of hydrogen-bond donors (Lipinski definition) is 3. The van der Waals surface area contributed by atoms with Crippen molar-refractivity contribution in [3.05, 3.63) is 54.1 Å². The Hall–Kier alpha value is -2.57. The van der Waals surface area contributed by atoms with Crippen LogP contribution in [0, 0.1) is 5.92 Å². The van der Waals surface area contributed by atoms with Crippen molar-refractivity contribution in [1.29, 1.82) is 0 Å². The van der Waals surface area contributed by atoms with E-state index in [-0.39, 0.29) is 24.2 Å². The average Bonchev–Trinajstić information content (AvgIpc) is 2.63. The maximum atomic E-state index is 12.4. The second kappa shape index (κ2) is 9.39. The molecule has 1 aliphatic rings. The number of nitrogens with two attached hydrogens (primary N) is 1. The fraction of sp³-hybridized carbons (Fsp3) is 0.300. The summed E-state index contributed by atoms with van der Waals surface area (Å²) in [5.74, 6) is 0.738. The molecule has 144 valence electrons. The zero-order valence-corrected chi connectivity index (χ0v) is 15.9. The van der Waals surface area contributed by atoms with Gasteiger partial charge in [-0.1, -0.05) is 6.07 Å². The molecule has 0 saturated carbocycles. The summed E-state index contributed by atoms with van der Waals surface area (Å²) in [6, 6.07) is 14.2. The first-order chi connectivity index (χ1) is 12.5. The van der Waals surface area contributed by atoms with Crippen LogP contribution in [0.1, 0.15) is 30.1 Å². The Labute approximate surface area is 164 Å². The van der Waals surface area contributed by atoms with Gasteiger partial charge in [-0.25, -0.2) is 0 Å². The molecule has 1 saturated heterocycles. The van der Waals surface area contributed by atoms with Crippen LogP contribution in [0.4, 0.5) is 5.69 Å². The van der Waals surface area contributed by atoms with Crippen molar-refractivity contribution in [3.8, 4) is 11.5 Å². The van der Waals surface area contributed by atoms with E-state index >= 15 is 0 Å². The minimum absolute atomic E-state index is 0. The van der Waals surface area contributed by atoms with Gasteiger partial charge in [0.2, 0.25) is 11.8 Å². The third kappa shape index (κ3) is 5.70. The Morgan fingerprint density at radius 3 is 2.56 bits per heavy atom. The standard InChI is InChI=1S/C20H23N3O3.ClH/c1-13-11-15(9-10-22-13)20(25)23-16-5-7-17(8-6-16)26-18-4-2-3-14(12-18)19(21)24;/h2-8,12-13,15,22H,9-11H2,1H3,(H2,21,24)(H,23,25);1H/t13-,15-;/m0./s1. The molecule has 0 unspecified atom stereocenters. The number of ether oxygens (including phenoxy) is 1. The van der Waals surface area contributed by atoms with Gasteiger partial charge in [0, 0.05) is 23.2 Å². The van der Waals surface area contributed by atoms with Crippen molar-refractivity contribution in [2.75, 3.05) is 11.9 Å². The minimum Gasteiger partial charge on any atom is -0.457 e. The second-order valence-corrected chi connectivity index (χ2v) is 6.58. The molecule has 7 heteroatoms. The topological polar surface area (TPSA) is 93.4 Å². The Bertz CT molecular complexity index is 795. The van der Waals surface area contributed by atoms with Gasteiger partial charge in [-0.15, -0.1) is 12.4 Å². The summed E-state index contributed by atoms with van der Waals surface area (Å²) in [4.78, 5) is 23.6. The molecule has 6 nitrogen and oxygen atoms in total. The van der Waals surface area contributed by atoms with E-state index in [1.165, 1.54) is 0 Å². The van der Waals surface area contributed by atoms with Gasteiger partial charge in [0.1, 0.15) is 11.5 Å². The van der Waals surface area contributed by atoms with Crippen LogP contribution >= 0.6 is 12.4 Å². The predicted molar refractivity (Wildman–Crippen MR) is 108 cm³/mol. The molecule has 1 heterocycles. The summed E-state index contributed by atoms with van der Waals surface area (Å²) in [7, 11) is 0. The van der Waals surface area contributed by atoms with Crippen molar-refractivity contribution in [1.82, 2.24) is 5.32 Å². The van der Waals surface area contributed by atoms with E-state index in [1.54, 1.807) is 48.5 Å². The second-order valence-electron chi connectivity index (χ2n) is 6.58. The van der Waals surface area contributed by atoms with Crippen LogP contribution in [0.2, 0.25) is 0 Å².